The van der Waals surface area contributed by atoms with Gasteiger partial charge in [0.15, 0.2) is 0 Å². The summed E-state index contributed by atoms with van der Waals surface area (Å²) in [5.74, 6) is 1.94. The smallest absolute Gasteiger partial charge is 0.135 e. The molecule has 2 rings (SSSR count). The lowest BCUT2D eigenvalue weighted by atomic mass is 10.0. The first-order valence-corrected chi connectivity index (χ1v) is 7.12. The molecule has 0 aliphatic carbocycles. The van der Waals surface area contributed by atoms with Gasteiger partial charge in [-0.15, -0.1) is 0 Å². The molecule has 106 valence electrons. The highest BCUT2D eigenvalue weighted by Gasteiger charge is 2.06. The van der Waals surface area contributed by atoms with Crippen LogP contribution in [0.1, 0.15) is 42.1 Å². The van der Waals surface area contributed by atoms with Crippen molar-refractivity contribution in [1.29, 1.82) is 0 Å². The van der Waals surface area contributed by atoms with Crippen LogP contribution in [0.4, 0.5) is 5.82 Å². The molecule has 0 unspecified atom stereocenters. The SMILES string of the molecule is Cc1ccc(Cc2nc(N)cc(CC(C)C)n2)cc1C. The van der Waals surface area contributed by atoms with E-state index in [1.165, 1.54) is 16.7 Å². The van der Waals surface area contributed by atoms with Crippen molar-refractivity contribution in [1.82, 2.24) is 9.97 Å². The minimum Gasteiger partial charge on any atom is -0.384 e. The number of nitrogens with zero attached hydrogens (tertiary/aromatic N) is 2. The summed E-state index contributed by atoms with van der Waals surface area (Å²) in [5.41, 5.74) is 10.8. The summed E-state index contributed by atoms with van der Waals surface area (Å²) >= 11 is 0. The predicted octanol–water partition coefficient (Wildman–Crippen LogP) is 3.46. The number of nitrogens with two attached hydrogens (primary N) is 1. The standard InChI is InChI=1S/C17H23N3/c1-11(2)7-15-10-16(18)20-17(19-15)9-14-6-5-12(3)13(4)8-14/h5-6,8,10-11H,7,9H2,1-4H3,(H2,18,19,20). The second-order valence-electron chi connectivity index (χ2n) is 5.89. The van der Waals surface area contributed by atoms with E-state index < -0.39 is 0 Å². The van der Waals surface area contributed by atoms with Crippen LogP contribution < -0.4 is 5.73 Å². The Labute approximate surface area is 121 Å². The molecule has 1 aromatic heterocycles. The normalized spacial score (nSPS) is 11.1. The molecule has 3 nitrogen and oxygen atoms in total. The van der Waals surface area contributed by atoms with Crippen molar-refractivity contribution in [3.8, 4) is 0 Å². The summed E-state index contributed by atoms with van der Waals surface area (Å²) in [4.78, 5) is 8.99. The summed E-state index contributed by atoms with van der Waals surface area (Å²) < 4.78 is 0. The molecule has 1 heterocycles. The van der Waals surface area contributed by atoms with Crippen molar-refractivity contribution >= 4 is 5.82 Å². The van der Waals surface area contributed by atoms with E-state index in [-0.39, 0.29) is 0 Å². The molecule has 2 aromatic rings. The minimum atomic E-state index is 0.564. The van der Waals surface area contributed by atoms with Gasteiger partial charge in [0, 0.05) is 18.2 Å². The predicted molar refractivity (Wildman–Crippen MR) is 83.7 cm³/mol. The van der Waals surface area contributed by atoms with Crippen LogP contribution in [0, 0.1) is 19.8 Å². The average molecular weight is 269 g/mol. The van der Waals surface area contributed by atoms with E-state index in [9.17, 15) is 0 Å². The lowest BCUT2D eigenvalue weighted by Gasteiger charge is -2.09. The maximum Gasteiger partial charge on any atom is 0.135 e. The first kappa shape index (κ1) is 14.5. The number of anilines is 1. The molecule has 3 heteroatoms. The van der Waals surface area contributed by atoms with E-state index in [0.717, 1.165) is 24.4 Å². The Hall–Kier alpha value is -1.90. The molecule has 0 atom stereocenters. The van der Waals surface area contributed by atoms with Crippen LogP contribution in [0.3, 0.4) is 0 Å². The highest BCUT2D eigenvalue weighted by Crippen LogP contribution is 2.14. The summed E-state index contributed by atoms with van der Waals surface area (Å²) in [7, 11) is 0. The van der Waals surface area contributed by atoms with E-state index in [0.29, 0.717) is 11.7 Å². The highest BCUT2D eigenvalue weighted by atomic mass is 14.9. The third-order valence-corrected chi connectivity index (χ3v) is 3.40. The molecule has 0 spiro atoms. The zero-order chi connectivity index (χ0) is 14.7. The van der Waals surface area contributed by atoms with E-state index in [1.807, 2.05) is 6.07 Å². The molecule has 0 aliphatic heterocycles. The maximum atomic E-state index is 5.89. The maximum absolute atomic E-state index is 5.89. The molecule has 0 aliphatic rings. The van der Waals surface area contributed by atoms with Gasteiger partial charge in [-0.1, -0.05) is 32.0 Å². The Morgan fingerprint density at radius 1 is 1.05 bits per heavy atom. The van der Waals surface area contributed by atoms with Crippen LogP contribution >= 0.6 is 0 Å². The van der Waals surface area contributed by atoms with Gasteiger partial charge in [0.05, 0.1) is 0 Å². The first-order valence-electron chi connectivity index (χ1n) is 7.12. The fourth-order valence-corrected chi connectivity index (χ4v) is 2.27. The van der Waals surface area contributed by atoms with Gasteiger partial charge in [-0.05, 0) is 42.9 Å². The number of rotatable bonds is 4. The van der Waals surface area contributed by atoms with E-state index in [4.69, 9.17) is 5.73 Å². The third-order valence-electron chi connectivity index (χ3n) is 3.40. The Morgan fingerprint density at radius 3 is 2.45 bits per heavy atom. The van der Waals surface area contributed by atoms with Crippen LogP contribution in [0.15, 0.2) is 24.3 Å². The summed E-state index contributed by atoms with van der Waals surface area (Å²) in [6.45, 7) is 8.61. The molecule has 20 heavy (non-hydrogen) atoms. The second kappa shape index (κ2) is 6.04. The Bertz CT molecular complexity index is 603. The molecule has 0 radical (unpaired) electrons. The van der Waals surface area contributed by atoms with Crippen molar-refractivity contribution in [2.45, 2.75) is 40.5 Å². The zero-order valence-electron chi connectivity index (χ0n) is 12.8. The Balaban J connectivity index is 2.24. The van der Waals surface area contributed by atoms with Gasteiger partial charge in [-0.3, -0.25) is 0 Å². The largest absolute Gasteiger partial charge is 0.384 e. The number of hydrogen-bond acceptors (Lipinski definition) is 3. The van der Waals surface area contributed by atoms with Gasteiger partial charge >= 0.3 is 0 Å². The van der Waals surface area contributed by atoms with Gasteiger partial charge in [0.2, 0.25) is 0 Å². The zero-order valence-corrected chi connectivity index (χ0v) is 12.8. The lowest BCUT2D eigenvalue weighted by Crippen LogP contribution is -2.06. The van der Waals surface area contributed by atoms with E-state index >= 15 is 0 Å². The van der Waals surface area contributed by atoms with Crippen molar-refractivity contribution in [3.63, 3.8) is 0 Å². The first-order chi connectivity index (χ1) is 9.44. The van der Waals surface area contributed by atoms with Gasteiger partial charge in [0.25, 0.3) is 0 Å². The van der Waals surface area contributed by atoms with Crippen molar-refractivity contribution < 1.29 is 0 Å². The molecule has 0 saturated carbocycles. The van der Waals surface area contributed by atoms with E-state index in [1.54, 1.807) is 0 Å². The van der Waals surface area contributed by atoms with Crippen LogP contribution in [-0.4, -0.2) is 9.97 Å². The average Bonchev–Trinajstić information content (AvgIpc) is 2.32. The summed E-state index contributed by atoms with van der Waals surface area (Å²) in [5, 5.41) is 0. The number of benzene rings is 1. The van der Waals surface area contributed by atoms with Crippen molar-refractivity contribution in [2.24, 2.45) is 5.92 Å². The van der Waals surface area contributed by atoms with Gasteiger partial charge < -0.3 is 5.73 Å². The summed E-state index contributed by atoms with van der Waals surface area (Å²) in [6.07, 6.45) is 1.67. The van der Waals surface area contributed by atoms with Crippen molar-refractivity contribution in [2.75, 3.05) is 5.73 Å². The third kappa shape index (κ3) is 3.80. The number of hydrogen-bond donors (Lipinski definition) is 1. The molecule has 0 amide bonds. The van der Waals surface area contributed by atoms with Gasteiger partial charge in [-0.25, -0.2) is 9.97 Å². The molecular weight excluding hydrogens is 246 g/mol. The van der Waals surface area contributed by atoms with Crippen LogP contribution in [0.25, 0.3) is 0 Å². The molecule has 0 bridgehead atoms. The molecule has 2 N–H and O–H groups in total. The van der Waals surface area contributed by atoms with Crippen LogP contribution in [-0.2, 0) is 12.8 Å². The second-order valence-corrected chi connectivity index (χ2v) is 5.89. The lowest BCUT2D eigenvalue weighted by molar-refractivity contribution is 0.631. The van der Waals surface area contributed by atoms with Gasteiger partial charge in [0.1, 0.15) is 11.6 Å². The molecule has 0 fully saturated rings. The summed E-state index contributed by atoms with van der Waals surface area (Å²) in [6, 6.07) is 8.36. The fraction of sp³-hybridized carbons (Fsp3) is 0.412. The number of aryl methyl sites for hydroxylation is 2. The quantitative estimate of drug-likeness (QED) is 0.924. The number of nitrogen functional groups attached to an aromatic ring is 1. The highest BCUT2D eigenvalue weighted by molar-refractivity contribution is 5.34. The van der Waals surface area contributed by atoms with Crippen LogP contribution in [0.5, 0.6) is 0 Å². The topological polar surface area (TPSA) is 51.8 Å². The molecular formula is C17H23N3. The van der Waals surface area contributed by atoms with Crippen molar-refractivity contribution in [3.05, 3.63) is 52.5 Å². The Morgan fingerprint density at radius 2 is 1.80 bits per heavy atom. The monoisotopic (exact) mass is 269 g/mol. The molecule has 1 aromatic carbocycles. The Kier molecular flexibility index (Phi) is 4.38. The molecule has 0 saturated heterocycles. The number of aromatic nitrogens is 2. The minimum absolute atomic E-state index is 0.564. The van der Waals surface area contributed by atoms with Crippen LogP contribution in [0.2, 0.25) is 0 Å². The van der Waals surface area contributed by atoms with E-state index in [2.05, 4.69) is 55.9 Å². The fourth-order valence-electron chi connectivity index (χ4n) is 2.27. The van der Waals surface area contributed by atoms with Gasteiger partial charge in [-0.2, -0.15) is 0 Å².